The minimum absolute atomic E-state index is 0. The van der Waals surface area contributed by atoms with E-state index >= 15 is 0 Å². The SMILES string of the molecule is COc1cc(F)ccc1N1CCN(CCCNc2ncccc2C(=O)N(C)C)CC1.Cl. The molecular weight excluding hydrogens is 421 g/mol. The molecule has 1 aromatic heterocycles. The van der Waals surface area contributed by atoms with Gasteiger partial charge in [0.05, 0.1) is 18.4 Å². The van der Waals surface area contributed by atoms with Gasteiger partial charge in [-0.05, 0) is 37.2 Å². The second kappa shape index (κ2) is 11.7. The molecule has 2 heterocycles. The van der Waals surface area contributed by atoms with Crippen LogP contribution < -0.4 is 15.0 Å². The molecule has 0 bridgehead atoms. The first kappa shape index (κ1) is 24.7. The number of carbonyl (C=O) groups is 1. The Morgan fingerprint density at radius 2 is 1.97 bits per heavy atom. The Bertz CT molecular complexity index is 860. The first-order valence-electron chi connectivity index (χ1n) is 10.2. The second-order valence-electron chi connectivity index (χ2n) is 7.52. The molecular formula is C22H31ClFN5O2. The summed E-state index contributed by atoms with van der Waals surface area (Å²) in [7, 11) is 5.04. The van der Waals surface area contributed by atoms with Crippen molar-refractivity contribution in [3.8, 4) is 5.75 Å². The topological polar surface area (TPSA) is 60.9 Å². The highest BCUT2D eigenvalue weighted by molar-refractivity contribution is 5.98. The number of amides is 1. The van der Waals surface area contributed by atoms with Gasteiger partial charge in [-0.2, -0.15) is 0 Å². The molecule has 1 fully saturated rings. The van der Waals surface area contributed by atoms with Crippen molar-refractivity contribution in [2.75, 3.05) is 70.7 Å². The maximum atomic E-state index is 13.4. The Hall–Kier alpha value is -2.58. The molecule has 0 atom stereocenters. The van der Waals surface area contributed by atoms with E-state index in [1.807, 2.05) is 0 Å². The number of benzene rings is 1. The molecule has 1 aliphatic heterocycles. The van der Waals surface area contributed by atoms with E-state index < -0.39 is 0 Å². The fraction of sp³-hybridized carbons (Fsp3) is 0.455. The number of halogens is 2. The van der Waals surface area contributed by atoms with Gasteiger partial charge < -0.3 is 19.9 Å². The van der Waals surface area contributed by atoms with E-state index in [1.54, 1.807) is 50.5 Å². The van der Waals surface area contributed by atoms with E-state index in [0.717, 1.165) is 51.4 Å². The van der Waals surface area contributed by atoms with Crippen molar-refractivity contribution in [3.63, 3.8) is 0 Å². The first-order chi connectivity index (χ1) is 14.5. The zero-order chi connectivity index (χ0) is 21.5. The number of nitrogens with zero attached hydrogens (tertiary/aromatic N) is 4. The molecule has 0 unspecified atom stereocenters. The van der Waals surface area contributed by atoms with Crippen LogP contribution in [0.5, 0.6) is 5.75 Å². The van der Waals surface area contributed by atoms with Gasteiger partial charge in [0.25, 0.3) is 5.91 Å². The Kier molecular flexibility index (Phi) is 9.33. The van der Waals surface area contributed by atoms with Crippen molar-refractivity contribution in [1.82, 2.24) is 14.8 Å². The van der Waals surface area contributed by atoms with Crippen LogP contribution in [-0.4, -0.2) is 81.2 Å². The number of nitrogens with one attached hydrogen (secondary N) is 1. The highest BCUT2D eigenvalue weighted by atomic mass is 35.5. The quantitative estimate of drug-likeness (QED) is 0.623. The number of rotatable bonds is 8. The van der Waals surface area contributed by atoms with Crippen LogP contribution in [0.15, 0.2) is 36.5 Å². The van der Waals surface area contributed by atoms with Crippen LogP contribution in [0.4, 0.5) is 15.9 Å². The molecule has 1 saturated heterocycles. The highest BCUT2D eigenvalue weighted by Gasteiger charge is 2.20. The van der Waals surface area contributed by atoms with Gasteiger partial charge in [0, 0.05) is 59.1 Å². The molecule has 0 spiro atoms. The van der Waals surface area contributed by atoms with Crippen LogP contribution in [0.25, 0.3) is 0 Å². The molecule has 1 aromatic carbocycles. The summed E-state index contributed by atoms with van der Waals surface area (Å²) in [6.45, 7) is 5.33. The van der Waals surface area contributed by atoms with Crippen molar-refractivity contribution in [3.05, 3.63) is 47.9 Å². The van der Waals surface area contributed by atoms with Crippen LogP contribution >= 0.6 is 12.4 Å². The fourth-order valence-corrected chi connectivity index (χ4v) is 3.59. The standard InChI is InChI=1S/C22H30FN5O2.ClH/c1-26(2)22(29)18-6-4-9-24-21(18)25-10-5-11-27-12-14-28(15-13-27)19-8-7-17(23)16-20(19)30-3;/h4,6-9,16H,5,10-15H2,1-3H3,(H,24,25);1H. The van der Waals surface area contributed by atoms with Crippen LogP contribution in [0.3, 0.4) is 0 Å². The fourth-order valence-electron chi connectivity index (χ4n) is 3.59. The molecule has 0 saturated carbocycles. The lowest BCUT2D eigenvalue weighted by molar-refractivity contribution is 0.0828. The molecule has 0 radical (unpaired) electrons. The van der Waals surface area contributed by atoms with Crippen molar-refractivity contribution in [1.29, 1.82) is 0 Å². The minimum Gasteiger partial charge on any atom is -0.494 e. The van der Waals surface area contributed by atoms with E-state index in [4.69, 9.17) is 4.74 Å². The maximum absolute atomic E-state index is 13.4. The van der Waals surface area contributed by atoms with E-state index in [1.165, 1.54) is 12.1 Å². The van der Waals surface area contributed by atoms with Gasteiger partial charge in [-0.3, -0.25) is 9.69 Å². The van der Waals surface area contributed by atoms with Crippen molar-refractivity contribution in [2.24, 2.45) is 0 Å². The zero-order valence-electron chi connectivity index (χ0n) is 18.3. The smallest absolute Gasteiger partial charge is 0.257 e. The molecule has 3 rings (SSSR count). The third kappa shape index (κ3) is 6.45. The second-order valence-corrected chi connectivity index (χ2v) is 7.52. The van der Waals surface area contributed by atoms with Crippen LogP contribution in [-0.2, 0) is 0 Å². The summed E-state index contributed by atoms with van der Waals surface area (Å²) in [4.78, 5) is 22.8. The Morgan fingerprint density at radius 3 is 2.65 bits per heavy atom. The molecule has 0 aliphatic carbocycles. The molecule has 31 heavy (non-hydrogen) atoms. The average Bonchev–Trinajstić information content (AvgIpc) is 2.77. The molecule has 2 aromatic rings. The lowest BCUT2D eigenvalue weighted by atomic mass is 10.2. The lowest BCUT2D eigenvalue weighted by Crippen LogP contribution is -2.47. The third-order valence-corrected chi connectivity index (χ3v) is 5.24. The van der Waals surface area contributed by atoms with Crippen molar-refractivity contribution >= 4 is 29.8 Å². The van der Waals surface area contributed by atoms with E-state index in [0.29, 0.717) is 17.1 Å². The monoisotopic (exact) mass is 451 g/mol. The number of aromatic nitrogens is 1. The van der Waals surface area contributed by atoms with Crippen LogP contribution in [0.2, 0.25) is 0 Å². The van der Waals surface area contributed by atoms with Gasteiger partial charge in [0.2, 0.25) is 0 Å². The average molecular weight is 452 g/mol. The summed E-state index contributed by atoms with van der Waals surface area (Å²) < 4.78 is 18.8. The number of carbonyl (C=O) groups excluding carboxylic acids is 1. The van der Waals surface area contributed by atoms with Gasteiger partial charge in [-0.25, -0.2) is 9.37 Å². The van der Waals surface area contributed by atoms with Gasteiger partial charge in [-0.15, -0.1) is 12.4 Å². The molecule has 1 amide bonds. The Labute approximate surface area is 189 Å². The molecule has 170 valence electrons. The summed E-state index contributed by atoms with van der Waals surface area (Å²) in [6, 6.07) is 8.26. The third-order valence-electron chi connectivity index (χ3n) is 5.24. The van der Waals surface area contributed by atoms with Crippen molar-refractivity contribution < 1.29 is 13.9 Å². The molecule has 7 nitrogen and oxygen atoms in total. The predicted molar refractivity (Wildman–Crippen MR) is 124 cm³/mol. The van der Waals surface area contributed by atoms with E-state index in [-0.39, 0.29) is 24.1 Å². The van der Waals surface area contributed by atoms with E-state index in [2.05, 4.69) is 20.1 Å². The number of ether oxygens (including phenoxy) is 1. The molecule has 9 heteroatoms. The highest BCUT2D eigenvalue weighted by Crippen LogP contribution is 2.29. The largest absolute Gasteiger partial charge is 0.494 e. The number of hydrogen-bond donors (Lipinski definition) is 1. The summed E-state index contributed by atoms with van der Waals surface area (Å²) in [5.41, 5.74) is 1.53. The van der Waals surface area contributed by atoms with Crippen LogP contribution in [0, 0.1) is 5.82 Å². The number of hydrogen-bond acceptors (Lipinski definition) is 6. The van der Waals surface area contributed by atoms with E-state index in [9.17, 15) is 9.18 Å². The van der Waals surface area contributed by atoms with Gasteiger partial charge >= 0.3 is 0 Å². The molecule has 1 N–H and O–H groups in total. The van der Waals surface area contributed by atoms with Gasteiger partial charge in [0.1, 0.15) is 17.4 Å². The number of anilines is 2. The number of pyridine rings is 1. The lowest BCUT2D eigenvalue weighted by Gasteiger charge is -2.36. The summed E-state index contributed by atoms with van der Waals surface area (Å²) in [6.07, 6.45) is 2.64. The zero-order valence-corrected chi connectivity index (χ0v) is 19.1. The van der Waals surface area contributed by atoms with Gasteiger partial charge in [-0.1, -0.05) is 0 Å². The predicted octanol–water partition coefficient (Wildman–Crippen LogP) is 2.98. The van der Waals surface area contributed by atoms with Gasteiger partial charge in [0.15, 0.2) is 0 Å². The summed E-state index contributed by atoms with van der Waals surface area (Å²) in [5.74, 6) is 0.860. The van der Waals surface area contributed by atoms with Crippen LogP contribution in [0.1, 0.15) is 16.8 Å². The Balaban J connectivity index is 0.00000341. The molecule has 1 aliphatic rings. The number of methoxy groups -OCH3 is 1. The maximum Gasteiger partial charge on any atom is 0.257 e. The summed E-state index contributed by atoms with van der Waals surface area (Å²) in [5, 5.41) is 3.30. The Morgan fingerprint density at radius 1 is 1.23 bits per heavy atom. The minimum atomic E-state index is -0.287. The first-order valence-corrected chi connectivity index (χ1v) is 10.2. The normalized spacial score (nSPS) is 14.0. The number of piperazine rings is 1. The van der Waals surface area contributed by atoms with Crippen molar-refractivity contribution in [2.45, 2.75) is 6.42 Å². The summed E-state index contributed by atoms with van der Waals surface area (Å²) >= 11 is 0.